The van der Waals surface area contributed by atoms with E-state index in [2.05, 4.69) is 5.10 Å². The fourth-order valence-electron chi connectivity index (χ4n) is 1.50. The average molecular weight is 239 g/mol. The molecule has 1 aromatic heterocycles. The number of hydrogen-bond donors (Lipinski definition) is 0. The molecule has 0 aliphatic heterocycles. The first kappa shape index (κ1) is 11.1. The number of rotatable bonds is 3. The van der Waals surface area contributed by atoms with Gasteiger partial charge in [0.2, 0.25) is 0 Å². The molecule has 0 aliphatic carbocycles. The Morgan fingerprint density at radius 1 is 1.44 bits per heavy atom. The Bertz CT molecular complexity index is 481. The fraction of sp³-hybridized carbons (Fsp3) is 0.250. The molecular formula is C12H12ClFN2. The highest BCUT2D eigenvalue weighted by Gasteiger charge is 2.10. The van der Waals surface area contributed by atoms with Gasteiger partial charge in [0.1, 0.15) is 11.5 Å². The van der Waals surface area contributed by atoms with Crippen LogP contribution < -0.4 is 0 Å². The Balaban J connectivity index is 2.35. The lowest BCUT2D eigenvalue weighted by Crippen LogP contribution is -1.97. The lowest BCUT2D eigenvalue weighted by atomic mass is 10.2. The first-order chi connectivity index (χ1) is 7.72. The third-order valence-corrected chi connectivity index (χ3v) is 2.98. The Hall–Kier alpha value is -1.35. The second-order valence-electron chi connectivity index (χ2n) is 3.55. The van der Waals surface area contributed by atoms with Crippen LogP contribution in [-0.2, 0) is 0 Å². The molecule has 0 saturated heterocycles. The molecule has 1 aromatic carbocycles. The van der Waals surface area contributed by atoms with Gasteiger partial charge in [-0.1, -0.05) is 19.1 Å². The SMILES string of the molecule is CCC(Cl)c1cnn(-c2ccccc2F)c1. The average Bonchev–Trinajstić information content (AvgIpc) is 2.78. The highest BCUT2D eigenvalue weighted by atomic mass is 35.5. The normalized spacial score (nSPS) is 12.7. The molecular weight excluding hydrogens is 227 g/mol. The van der Waals surface area contributed by atoms with E-state index in [0.29, 0.717) is 5.69 Å². The zero-order valence-electron chi connectivity index (χ0n) is 8.90. The predicted molar refractivity (Wildman–Crippen MR) is 62.4 cm³/mol. The number of halogens is 2. The van der Waals surface area contributed by atoms with Gasteiger partial charge in [0, 0.05) is 11.8 Å². The third-order valence-electron chi connectivity index (χ3n) is 2.42. The molecule has 16 heavy (non-hydrogen) atoms. The van der Waals surface area contributed by atoms with Crippen molar-refractivity contribution in [2.24, 2.45) is 0 Å². The van der Waals surface area contributed by atoms with Gasteiger partial charge in [0.05, 0.1) is 11.6 Å². The first-order valence-corrected chi connectivity index (χ1v) is 5.59. The van der Waals surface area contributed by atoms with E-state index in [9.17, 15) is 4.39 Å². The molecule has 4 heteroatoms. The standard InChI is InChI=1S/C12H12ClFN2/c1-2-10(13)9-7-15-16(8-9)12-6-4-3-5-11(12)14/h3-8,10H,2H2,1H3. The van der Waals surface area contributed by atoms with Crippen LogP contribution >= 0.6 is 11.6 Å². The lowest BCUT2D eigenvalue weighted by Gasteiger charge is -2.03. The molecule has 0 bridgehead atoms. The number of benzene rings is 1. The summed E-state index contributed by atoms with van der Waals surface area (Å²) in [6.07, 6.45) is 4.26. The lowest BCUT2D eigenvalue weighted by molar-refractivity contribution is 0.611. The molecule has 0 saturated carbocycles. The smallest absolute Gasteiger partial charge is 0.148 e. The highest BCUT2D eigenvalue weighted by Crippen LogP contribution is 2.24. The van der Waals surface area contributed by atoms with Crippen LogP contribution in [0.25, 0.3) is 5.69 Å². The molecule has 84 valence electrons. The van der Waals surface area contributed by atoms with Crippen LogP contribution in [0.15, 0.2) is 36.7 Å². The van der Waals surface area contributed by atoms with E-state index >= 15 is 0 Å². The number of nitrogens with zero attached hydrogens (tertiary/aromatic N) is 2. The number of alkyl halides is 1. The van der Waals surface area contributed by atoms with Gasteiger partial charge in [0.15, 0.2) is 0 Å². The van der Waals surface area contributed by atoms with Crippen molar-refractivity contribution in [1.82, 2.24) is 9.78 Å². The maximum Gasteiger partial charge on any atom is 0.148 e. The summed E-state index contributed by atoms with van der Waals surface area (Å²) in [6, 6.07) is 6.52. The van der Waals surface area contributed by atoms with E-state index < -0.39 is 0 Å². The van der Waals surface area contributed by atoms with Gasteiger partial charge >= 0.3 is 0 Å². The quantitative estimate of drug-likeness (QED) is 0.746. The maximum absolute atomic E-state index is 13.5. The summed E-state index contributed by atoms with van der Waals surface area (Å²) < 4.78 is 15.0. The van der Waals surface area contributed by atoms with Crippen molar-refractivity contribution in [2.45, 2.75) is 18.7 Å². The number of hydrogen-bond acceptors (Lipinski definition) is 1. The van der Waals surface area contributed by atoms with Crippen molar-refractivity contribution < 1.29 is 4.39 Å². The molecule has 2 aromatic rings. The van der Waals surface area contributed by atoms with Gasteiger partial charge in [0.25, 0.3) is 0 Å². The summed E-state index contributed by atoms with van der Waals surface area (Å²) in [6.45, 7) is 2.00. The van der Waals surface area contributed by atoms with Gasteiger partial charge in [-0.3, -0.25) is 0 Å². The summed E-state index contributed by atoms with van der Waals surface area (Å²) in [5, 5.41) is 4.04. The predicted octanol–water partition coefficient (Wildman–Crippen LogP) is 3.70. The number of para-hydroxylation sites is 1. The molecule has 0 spiro atoms. The van der Waals surface area contributed by atoms with E-state index in [0.717, 1.165) is 12.0 Å². The third kappa shape index (κ3) is 2.09. The summed E-state index contributed by atoms with van der Waals surface area (Å²) in [5.74, 6) is -0.292. The van der Waals surface area contributed by atoms with Crippen LogP contribution in [0.3, 0.4) is 0 Å². The molecule has 1 atom stereocenters. The Morgan fingerprint density at radius 3 is 2.88 bits per heavy atom. The van der Waals surface area contributed by atoms with E-state index in [4.69, 9.17) is 11.6 Å². The Morgan fingerprint density at radius 2 is 2.19 bits per heavy atom. The Kier molecular flexibility index (Phi) is 3.25. The summed E-state index contributed by atoms with van der Waals surface area (Å²) in [5.41, 5.74) is 1.35. The van der Waals surface area contributed by atoms with Gasteiger partial charge < -0.3 is 0 Å². The van der Waals surface area contributed by atoms with Crippen LogP contribution in [0.4, 0.5) is 4.39 Å². The van der Waals surface area contributed by atoms with Crippen molar-refractivity contribution in [3.8, 4) is 5.69 Å². The number of aromatic nitrogens is 2. The monoisotopic (exact) mass is 238 g/mol. The van der Waals surface area contributed by atoms with Gasteiger partial charge in [-0.05, 0) is 18.6 Å². The maximum atomic E-state index is 13.5. The topological polar surface area (TPSA) is 17.8 Å². The van der Waals surface area contributed by atoms with Crippen LogP contribution in [0, 0.1) is 5.82 Å². The summed E-state index contributed by atoms with van der Waals surface area (Å²) in [7, 11) is 0. The highest BCUT2D eigenvalue weighted by molar-refractivity contribution is 6.20. The van der Waals surface area contributed by atoms with Crippen molar-refractivity contribution in [2.75, 3.05) is 0 Å². The van der Waals surface area contributed by atoms with Gasteiger partial charge in [-0.15, -0.1) is 11.6 Å². The van der Waals surface area contributed by atoms with Crippen LogP contribution in [0.1, 0.15) is 24.3 Å². The van der Waals surface area contributed by atoms with Crippen molar-refractivity contribution >= 4 is 11.6 Å². The zero-order valence-corrected chi connectivity index (χ0v) is 9.65. The van der Waals surface area contributed by atoms with E-state index in [1.165, 1.54) is 10.7 Å². The van der Waals surface area contributed by atoms with Crippen molar-refractivity contribution in [1.29, 1.82) is 0 Å². The van der Waals surface area contributed by atoms with E-state index in [1.807, 2.05) is 6.92 Å². The van der Waals surface area contributed by atoms with Gasteiger partial charge in [-0.2, -0.15) is 5.10 Å². The molecule has 0 amide bonds. The van der Waals surface area contributed by atoms with Crippen LogP contribution in [0.5, 0.6) is 0 Å². The molecule has 1 unspecified atom stereocenters. The second-order valence-corrected chi connectivity index (χ2v) is 4.07. The molecule has 0 fully saturated rings. The van der Waals surface area contributed by atoms with Crippen LogP contribution in [0.2, 0.25) is 0 Å². The molecule has 0 radical (unpaired) electrons. The van der Waals surface area contributed by atoms with Crippen molar-refractivity contribution in [3.05, 3.63) is 48.0 Å². The zero-order chi connectivity index (χ0) is 11.5. The minimum absolute atomic E-state index is 0.0690. The Labute approximate surface area is 98.7 Å². The van der Waals surface area contributed by atoms with Crippen LogP contribution in [-0.4, -0.2) is 9.78 Å². The molecule has 0 N–H and O–H groups in total. The molecule has 1 heterocycles. The minimum Gasteiger partial charge on any atom is -0.238 e. The molecule has 2 rings (SSSR count). The second kappa shape index (κ2) is 4.66. The largest absolute Gasteiger partial charge is 0.238 e. The molecule has 2 nitrogen and oxygen atoms in total. The minimum atomic E-state index is -0.292. The van der Waals surface area contributed by atoms with Gasteiger partial charge in [-0.25, -0.2) is 9.07 Å². The first-order valence-electron chi connectivity index (χ1n) is 5.16. The summed E-state index contributed by atoms with van der Waals surface area (Å²) in [4.78, 5) is 0. The fourth-order valence-corrected chi connectivity index (χ4v) is 1.62. The summed E-state index contributed by atoms with van der Waals surface area (Å²) >= 11 is 6.08. The van der Waals surface area contributed by atoms with E-state index in [1.54, 1.807) is 30.6 Å². The van der Waals surface area contributed by atoms with E-state index in [-0.39, 0.29) is 11.2 Å². The van der Waals surface area contributed by atoms with Crippen molar-refractivity contribution in [3.63, 3.8) is 0 Å². The molecule has 0 aliphatic rings.